The number of benzene rings is 1. The second kappa shape index (κ2) is 6.22. The largest absolute Gasteiger partial charge is 0.346 e. The van der Waals surface area contributed by atoms with E-state index >= 15 is 0 Å². The van der Waals surface area contributed by atoms with Crippen LogP contribution in [0.3, 0.4) is 0 Å². The van der Waals surface area contributed by atoms with Crippen molar-refractivity contribution in [2.45, 2.75) is 46.5 Å². The normalized spacial score (nSPS) is 25.7. The van der Waals surface area contributed by atoms with Gasteiger partial charge in [-0.25, -0.2) is 9.37 Å². The molecule has 1 aromatic carbocycles. The molecule has 2 aliphatic rings. The summed E-state index contributed by atoms with van der Waals surface area (Å²) in [5.74, 6) is -0.373. The van der Waals surface area contributed by atoms with E-state index < -0.39 is 0 Å². The number of nitrogens with one attached hydrogen (secondary N) is 2. The van der Waals surface area contributed by atoms with Crippen molar-refractivity contribution in [1.29, 1.82) is 0 Å². The van der Waals surface area contributed by atoms with Crippen molar-refractivity contribution in [3.63, 3.8) is 0 Å². The van der Waals surface area contributed by atoms with E-state index in [1.807, 2.05) is 6.07 Å². The number of thiazole rings is 1. The third-order valence-corrected chi connectivity index (χ3v) is 6.40. The maximum Gasteiger partial charge on any atom is 0.280 e. The van der Waals surface area contributed by atoms with Crippen LogP contribution in [0.5, 0.6) is 0 Å². The van der Waals surface area contributed by atoms with Crippen molar-refractivity contribution in [2.75, 3.05) is 0 Å². The second-order valence-electron chi connectivity index (χ2n) is 5.91. The summed E-state index contributed by atoms with van der Waals surface area (Å²) >= 11 is 2.76. The molecular formula is C16H16FN3OS2. The van der Waals surface area contributed by atoms with Gasteiger partial charge in [0.1, 0.15) is 5.82 Å². The first-order valence-electron chi connectivity index (χ1n) is 7.63. The highest BCUT2D eigenvalue weighted by Gasteiger charge is 2.39. The smallest absolute Gasteiger partial charge is 0.280 e. The Balaban J connectivity index is 1.40. The van der Waals surface area contributed by atoms with Gasteiger partial charge in [0.15, 0.2) is 5.01 Å². The zero-order valence-electron chi connectivity index (χ0n) is 12.3. The van der Waals surface area contributed by atoms with Crippen molar-refractivity contribution < 1.29 is 9.18 Å². The van der Waals surface area contributed by atoms with E-state index in [4.69, 9.17) is 0 Å². The Morgan fingerprint density at radius 1 is 1.43 bits per heavy atom. The van der Waals surface area contributed by atoms with Gasteiger partial charge in [0.25, 0.3) is 5.91 Å². The molecular weight excluding hydrogens is 333 g/mol. The van der Waals surface area contributed by atoms with Gasteiger partial charge in [0.2, 0.25) is 0 Å². The van der Waals surface area contributed by atoms with Crippen LogP contribution in [0.2, 0.25) is 0 Å². The Morgan fingerprint density at radius 3 is 3.09 bits per heavy atom. The number of rotatable bonds is 4. The highest BCUT2D eigenvalue weighted by atomic mass is 32.2. The van der Waals surface area contributed by atoms with Crippen molar-refractivity contribution in [3.05, 3.63) is 41.3 Å². The molecule has 7 heteroatoms. The van der Waals surface area contributed by atoms with E-state index in [0.717, 1.165) is 21.9 Å². The van der Waals surface area contributed by atoms with Crippen molar-refractivity contribution in [3.8, 4) is 0 Å². The molecule has 2 N–H and O–H groups in total. The van der Waals surface area contributed by atoms with Crippen LogP contribution in [0, 0.1) is 5.82 Å². The summed E-state index contributed by atoms with van der Waals surface area (Å²) in [4.78, 5) is 17.4. The highest BCUT2D eigenvalue weighted by molar-refractivity contribution is 8.01. The van der Waals surface area contributed by atoms with E-state index in [0.29, 0.717) is 17.1 Å². The lowest BCUT2D eigenvalue weighted by Crippen LogP contribution is -2.42. The minimum atomic E-state index is -0.263. The molecule has 3 atom stereocenters. The average molecular weight is 349 g/mol. The van der Waals surface area contributed by atoms with Crippen LogP contribution in [0.4, 0.5) is 4.39 Å². The standard InChI is InChI=1S/C16H16FN3OS2/c17-9-2-1-3-11(6-9)22-14-8-18-16(23-14)15(21)20-13-7-10-4-5-12(13)19-10/h1-3,6,8,10,12-13,19H,4-5,7H2,(H,20,21)/t10-,12+,13-/m1/s1. The molecule has 4 nitrogen and oxygen atoms in total. The Bertz CT molecular complexity index is 736. The van der Waals surface area contributed by atoms with Crippen LogP contribution in [-0.4, -0.2) is 29.0 Å². The molecule has 2 fully saturated rings. The molecule has 4 rings (SSSR count). The van der Waals surface area contributed by atoms with E-state index in [2.05, 4.69) is 15.6 Å². The minimum Gasteiger partial charge on any atom is -0.346 e. The van der Waals surface area contributed by atoms with Crippen LogP contribution < -0.4 is 10.6 Å². The molecule has 1 aromatic heterocycles. The molecule has 120 valence electrons. The fraction of sp³-hybridized carbons (Fsp3) is 0.375. The summed E-state index contributed by atoms with van der Waals surface area (Å²) in [6, 6.07) is 7.59. The number of nitrogens with zero attached hydrogens (tertiary/aromatic N) is 1. The summed E-state index contributed by atoms with van der Waals surface area (Å²) in [5, 5.41) is 7.06. The van der Waals surface area contributed by atoms with Crippen LogP contribution in [-0.2, 0) is 0 Å². The number of aromatic nitrogens is 1. The van der Waals surface area contributed by atoms with E-state index in [-0.39, 0.29) is 17.8 Å². The van der Waals surface area contributed by atoms with Crippen LogP contribution in [0.1, 0.15) is 29.1 Å². The van der Waals surface area contributed by atoms with Crippen molar-refractivity contribution >= 4 is 29.0 Å². The summed E-state index contributed by atoms with van der Waals surface area (Å²) in [6.07, 6.45) is 5.03. The predicted octanol–water partition coefficient (Wildman–Crippen LogP) is 3.06. The van der Waals surface area contributed by atoms with Gasteiger partial charge in [-0.2, -0.15) is 0 Å². The number of fused-ring (bicyclic) bond motifs is 2. The minimum absolute atomic E-state index is 0.111. The van der Waals surface area contributed by atoms with Crippen LogP contribution in [0.15, 0.2) is 39.6 Å². The maximum absolute atomic E-state index is 13.2. The lowest BCUT2D eigenvalue weighted by atomic mass is 9.95. The molecule has 23 heavy (non-hydrogen) atoms. The average Bonchev–Trinajstić information content (AvgIpc) is 3.23. The van der Waals surface area contributed by atoms with Crippen molar-refractivity contribution in [1.82, 2.24) is 15.6 Å². The molecule has 0 spiro atoms. The first-order chi connectivity index (χ1) is 11.2. The van der Waals surface area contributed by atoms with Gasteiger partial charge in [-0.05, 0) is 37.5 Å². The maximum atomic E-state index is 13.2. The van der Waals surface area contributed by atoms with Gasteiger partial charge in [0.05, 0.1) is 10.4 Å². The lowest BCUT2D eigenvalue weighted by Gasteiger charge is -2.20. The number of amides is 1. The van der Waals surface area contributed by atoms with Gasteiger partial charge in [-0.15, -0.1) is 11.3 Å². The SMILES string of the molecule is O=C(N[C@@H]1C[C@H]2CC[C@@H]1N2)c1ncc(Sc2cccc(F)c2)s1. The Labute approximate surface area is 141 Å². The first-order valence-corrected chi connectivity index (χ1v) is 9.27. The first kappa shape index (κ1) is 15.1. The molecule has 2 saturated heterocycles. The van der Waals surface area contributed by atoms with E-state index in [1.165, 1.54) is 41.7 Å². The molecule has 1 amide bonds. The van der Waals surface area contributed by atoms with Gasteiger partial charge < -0.3 is 10.6 Å². The third kappa shape index (κ3) is 3.27. The fourth-order valence-electron chi connectivity index (χ4n) is 3.27. The summed E-state index contributed by atoms with van der Waals surface area (Å²) in [6.45, 7) is 0. The highest BCUT2D eigenvalue weighted by Crippen LogP contribution is 2.33. The molecule has 2 bridgehead atoms. The Morgan fingerprint density at radius 2 is 2.35 bits per heavy atom. The zero-order valence-corrected chi connectivity index (χ0v) is 13.9. The molecule has 3 heterocycles. The number of carbonyl (C=O) groups excluding carboxylic acids is 1. The number of carbonyl (C=O) groups is 1. The second-order valence-corrected chi connectivity index (χ2v) is 8.31. The Kier molecular flexibility index (Phi) is 4.09. The molecule has 0 saturated carbocycles. The van der Waals surface area contributed by atoms with Gasteiger partial charge in [0, 0.05) is 23.0 Å². The van der Waals surface area contributed by atoms with Gasteiger partial charge in [-0.3, -0.25) is 4.79 Å². The summed E-state index contributed by atoms with van der Waals surface area (Å²) in [7, 11) is 0. The molecule has 0 radical (unpaired) electrons. The predicted molar refractivity (Wildman–Crippen MR) is 88.5 cm³/mol. The quantitative estimate of drug-likeness (QED) is 0.891. The number of halogens is 1. The summed E-state index contributed by atoms with van der Waals surface area (Å²) < 4.78 is 14.1. The number of hydrogen-bond acceptors (Lipinski definition) is 5. The lowest BCUT2D eigenvalue weighted by molar-refractivity contribution is 0.0930. The van der Waals surface area contributed by atoms with Gasteiger partial charge >= 0.3 is 0 Å². The third-order valence-electron chi connectivity index (χ3n) is 4.31. The topological polar surface area (TPSA) is 54.0 Å². The number of hydrogen-bond donors (Lipinski definition) is 2. The molecule has 2 aromatic rings. The molecule has 2 aliphatic heterocycles. The van der Waals surface area contributed by atoms with Crippen molar-refractivity contribution in [2.24, 2.45) is 0 Å². The Hall–Kier alpha value is -1.44. The van der Waals surface area contributed by atoms with E-state index in [9.17, 15) is 9.18 Å². The monoisotopic (exact) mass is 349 g/mol. The molecule has 0 unspecified atom stereocenters. The van der Waals surface area contributed by atoms with Gasteiger partial charge in [-0.1, -0.05) is 17.8 Å². The fourth-order valence-corrected chi connectivity index (χ4v) is 5.17. The summed E-state index contributed by atoms with van der Waals surface area (Å²) in [5.41, 5.74) is 0. The van der Waals surface area contributed by atoms with Crippen LogP contribution in [0.25, 0.3) is 0 Å². The van der Waals surface area contributed by atoms with E-state index in [1.54, 1.807) is 12.3 Å². The molecule has 0 aliphatic carbocycles. The zero-order chi connectivity index (χ0) is 15.8. The van der Waals surface area contributed by atoms with Crippen LogP contribution >= 0.6 is 23.1 Å².